The van der Waals surface area contributed by atoms with Crippen molar-refractivity contribution in [2.75, 3.05) is 0 Å². The molecule has 21 heavy (non-hydrogen) atoms. The zero-order chi connectivity index (χ0) is 13.6. The molecule has 2 rings (SSSR count). The molecule has 0 aliphatic carbocycles. The molecule has 0 radical (unpaired) electrons. The first kappa shape index (κ1) is 24.0. The molecule has 0 heterocycles. The van der Waals surface area contributed by atoms with Gasteiger partial charge in [-0.15, -0.1) is 40.3 Å². The van der Waals surface area contributed by atoms with Crippen molar-refractivity contribution in [2.24, 2.45) is 0 Å². The monoisotopic (exact) mass is 509 g/mol. The van der Waals surface area contributed by atoms with Gasteiger partial charge in [0.1, 0.15) is 0 Å². The van der Waals surface area contributed by atoms with E-state index in [4.69, 9.17) is 0 Å². The van der Waals surface area contributed by atoms with E-state index in [1.807, 2.05) is 0 Å². The maximum atomic E-state index is 2.40. The zero-order valence-corrected chi connectivity index (χ0v) is 19.7. The van der Waals surface area contributed by atoms with E-state index in [1.165, 1.54) is 10.8 Å². The number of fused-ring (bicyclic) bond motifs is 1. The minimum absolute atomic E-state index is 0. The summed E-state index contributed by atoms with van der Waals surface area (Å²) in [5.41, 5.74) is 0. The van der Waals surface area contributed by atoms with E-state index in [9.17, 15) is 0 Å². The molecule has 0 atom stereocenters. The van der Waals surface area contributed by atoms with Crippen molar-refractivity contribution in [1.29, 1.82) is 0 Å². The van der Waals surface area contributed by atoms with E-state index in [-0.39, 0.29) is 58.6 Å². The SMILES string of the molecule is CC(C)(C)P(c1cc2ccccc2[cH-]1)C(C)(C)C.[Cl-].[Cl-].[Hf]. The smallest absolute Gasteiger partial charge is 0 e. The molecule has 0 saturated carbocycles. The van der Waals surface area contributed by atoms with Crippen LogP contribution in [0.3, 0.4) is 0 Å². The van der Waals surface area contributed by atoms with Gasteiger partial charge in [0, 0.05) is 25.8 Å². The third-order valence-corrected chi connectivity index (χ3v) is 6.66. The molecule has 0 fully saturated rings. The minimum atomic E-state index is -0.185. The minimum Gasteiger partial charge on any atom is -1.00 e. The van der Waals surface area contributed by atoms with E-state index in [2.05, 4.69) is 77.9 Å². The second-order valence-corrected chi connectivity index (χ2v) is 10.9. The average Bonchev–Trinajstić information content (AvgIpc) is 2.54. The van der Waals surface area contributed by atoms with Crippen LogP contribution in [0.25, 0.3) is 10.8 Å². The first-order valence-electron chi connectivity index (χ1n) is 6.65. The van der Waals surface area contributed by atoms with Gasteiger partial charge in [-0.05, 0) is 10.3 Å². The Balaban J connectivity index is 0. The topological polar surface area (TPSA) is 0 Å². The fourth-order valence-electron chi connectivity index (χ4n) is 3.04. The molecule has 4 heteroatoms. The summed E-state index contributed by atoms with van der Waals surface area (Å²) in [6.07, 6.45) is 0. The molecule has 0 nitrogen and oxygen atoms in total. The van der Waals surface area contributed by atoms with E-state index in [0.717, 1.165) is 0 Å². The van der Waals surface area contributed by atoms with Crippen LogP contribution in [0, 0.1) is 0 Å². The van der Waals surface area contributed by atoms with Gasteiger partial charge in [0.2, 0.25) is 0 Å². The van der Waals surface area contributed by atoms with Gasteiger partial charge in [-0.1, -0.05) is 55.5 Å². The summed E-state index contributed by atoms with van der Waals surface area (Å²) in [5, 5.41) is 5.00. The summed E-state index contributed by atoms with van der Waals surface area (Å²) in [6.45, 7) is 14.3. The second kappa shape index (κ2) is 8.53. The molecular formula is C17H24Cl2HfP-3. The average molecular weight is 509 g/mol. The molecule has 0 saturated heterocycles. The molecule has 118 valence electrons. The molecule has 2 aromatic carbocycles. The van der Waals surface area contributed by atoms with E-state index in [1.54, 1.807) is 5.30 Å². The zero-order valence-electron chi connectivity index (χ0n) is 13.7. The van der Waals surface area contributed by atoms with Crippen LogP contribution >= 0.6 is 7.92 Å². The van der Waals surface area contributed by atoms with Crippen molar-refractivity contribution in [3.63, 3.8) is 0 Å². The van der Waals surface area contributed by atoms with Gasteiger partial charge in [-0.3, -0.25) is 0 Å². The molecule has 0 aromatic heterocycles. The summed E-state index contributed by atoms with van der Waals surface area (Å²) in [5.74, 6) is 0. The third-order valence-electron chi connectivity index (χ3n) is 3.20. The number of benzene rings is 1. The first-order chi connectivity index (χ1) is 8.19. The quantitative estimate of drug-likeness (QED) is 0.271. The van der Waals surface area contributed by atoms with Crippen molar-refractivity contribution in [1.82, 2.24) is 0 Å². The summed E-state index contributed by atoms with van der Waals surface area (Å²) in [6, 6.07) is 13.5. The number of hydrogen-bond donors (Lipinski definition) is 0. The van der Waals surface area contributed by atoms with Crippen LogP contribution in [-0.4, -0.2) is 10.3 Å². The summed E-state index contributed by atoms with van der Waals surface area (Å²) in [4.78, 5) is 0. The summed E-state index contributed by atoms with van der Waals surface area (Å²) in [7, 11) is -0.185. The van der Waals surface area contributed by atoms with Crippen LogP contribution < -0.4 is 30.1 Å². The maximum Gasteiger partial charge on any atom is 0 e. The Kier molecular flexibility index (Phi) is 9.74. The van der Waals surface area contributed by atoms with Crippen molar-refractivity contribution >= 4 is 24.0 Å². The number of hydrogen-bond acceptors (Lipinski definition) is 0. The molecule has 0 spiro atoms. The first-order valence-corrected chi connectivity index (χ1v) is 7.99. The molecule has 0 N–H and O–H groups in total. The van der Waals surface area contributed by atoms with Crippen molar-refractivity contribution in [3.05, 3.63) is 36.4 Å². The van der Waals surface area contributed by atoms with Crippen molar-refractivity contribution in [3.8, 4) is 0 Å². The summed E-state index contributed by atoms with van der Waals surface area (Å²) < 4.78 is 0. The molecule has 0 bridgehead atoms. The predicted octanol–water partition coefficient (Wildman–Crippen LogP) is -0.732. The fraction of sp³-hybridized carbons (Fsp3) is 0.471. The van der Waals surface area contributed by atoms with Gasteiger partial charge in [0.05, 0.1) is 0 Å². The van der Waals surface area contributed by atoms with Gasteiger partial charge in [-0.2, -0.15) is 6.07 Å². The van der Waals surface area contributed by atoms with Gasteiger partial charge >= 0.3 is 0 Å². The van der Waals surface area contributed by atoms with Crippen LogP contribution in [0.15, 0.2) is 36.4 Å². The van der Waals surface area contributed by atoms with Crippen LogP contribution in [0.5, 0.6) is 0 Å². The van der Waals surface area contributed by atoms with E-state index >= 15 is 0 Å². The maximum absolute atomic E-state index is 2.40. The van der Waals surface area contributed by atoms with Crippen LogP contribution in [0.2, 0.25) is 0 Å². The standard InChI is InChI=1S/C17H24P.2ClH.Hf/c1-16(2,3)18(17(4,5)6)15-11-13-9-7-8-10-14(13)12-15;;;/h7-12H,1-6H3;2*1H;/q-1;;;/p-2. The molecule has 2 aromatic rings. The predicted molar refractivity (Wildman–Crippen MR) is 85.6 cm³/mol. The van der Waals surface area contributed by atoms with Crippen molar-refractivity contribution < 1.29 is 50.7 Å². The number of rotatable bonds is 1. The van der Waals surface area contributed by atoms with Crippen LogP contribution in [-0.2, 0) is 25.8 Å². The van der Waals surface area contributed by atoms with Gasteiger partial charge in [0.25, 0.3) is 0 Å². The van der Waals surface area contributed by atoms with Crippen LogP contribution in [0.1, 0.15) is 41.5 Å². The second-order valence-electron chi connectivity index (χ2n) is 7.02. The Morgan fingerprint density at radius 1 is 0.857 bits per heavy atom. The van der Waals surface area contributed by atoms with E-state index < -0.39 is 0 Å². The molecule has 0 amide bonds. The molecule has 0 aliphatic heterocycles. The number of halogens is 2. The van der Waals surface area contributed by atoms with E-state index in [0.29, 0.717) is 10.3 Å². The van der Waals surface area contributed by atoms with Gasteiger partial charge in [-0.25, -0.2) is 0 Å². The Morgan fingerprint density at radius 3 is 1.76 bits per heavy atom. The Morgan fingerprint density at radius 2 is 1.33 bits per heavy atom. The Hall–Kier alpha value is 0.710. The van der Waals surface area contributed by atoms with Gasteiger partial charge in [0.15, 0.2) is 0 Å². The van der Waals surface area contributed by atoms with Crippen molar-refractivity contribution in [2.45, 2.75) is 51.9 Å². The molecular weight excluding hydrogens is 485 g/mol. The third kappa shape index (κ3) is 5.69. The Bertz CT molecular complexity index is 503. The Labute approximate surface area is 162 Å². The fourth-order valence-corrected chi connectivity index (χ4v) is 7.14. The largest absolute Gasteiger partial charge is 1.00 e. The van der Waals surface area contributed by atoms with Gasteiger partial charge < -0.3 is 24.8 Å². The normalized spacial score (nSPS) is 11.6. The summed E-state index contributed by atoms with van der Waals surface area (Å²) >= 11 is 0. The van der Waals surface area contributed by atoms with Crippen LogP contribution in [0.4, 0.5) is 0 Å². The molecule has 0 aliphatic rings. The molecule has 0 unspecified atom stereocenters.